The highest BCUT2D eigenvalue weighted by molar-refractivity contribution is 7.10. The minimum Gasteiger partial charge on any atom is -0.497 e. The molecule has 106 valence electrons. The van der Waals surface area contributed by atoms with Crippen LogP contribution in [0, 0.1) is 0 Å². The minimum absolute atomic E-state index is 0.0679. The molecule has 4 nitrogen and oxygen atoms in total. The van der Waals surface area contributed by atoms with Crippen LogP contribution in [0.2, 0.25) is 0 Å². The molecule has 2 aromatic rings. The maximum Gasteiger partial charge on any atom is 0.238 e. The van der Waals surface area contributed by atoms with Crippen molar-refractivity contribution >= 4 is 22.9 Å². The Balaban J connectivity index is 1.83. The van der Waals surface area contributed by atoms with Crippen molar-refractivity contribution in [3.63, 3.8) is 0 Å². The van der Waals surface area contributed by atoms with E-state index in [0.29, 0.717) is 0 Å². The molecule has 1 aromatic carbocycles. The molecule has 0 spiro atoms. The SMILES string of the molecule is COc1cccc(NC(=O)CN[C@@H](C)c2cccs2)c1. The number of amides is 1. The van der Waals surface area contributed by atoms with Crippen molar-refractivity contribution in [2.24, 2.45) is 0 Å². The van der Waals surface area contributed by atoms with Gasteiger partial charge in [0, 0.05) is 22.7 Å². The molecule has 1 heterocycles. The summed E-state index contributed by atoms with van der Waals surface area (Å²) < 4.78 is 5.12. The fraction of sp³-hybridized carbons (Fsp3) is 0.267. The van der Waals surface area contributed by atoms with E-state index < -0.39 is 0 Å². The zero-order chi connectivity index (χ0) is 14.4. The van der Waals surface area contributed by atoms with Crippen molar-refractivity contribution in [2.45, 2.75) is 13.0 Å². The standard InChI is InChI=1S/C15H18N2O2S/c1-11(14-7-4-8-20-14)16-10-15(18)17-12-5-3-6-13(9-12)19-2/h3-9,11,16H,10H2,1-2H3,(H,17,18)/t11-/m0/s1. The predicted octanol–water partition coefficient (Wildman–Crippen LogP) is 3.05. The second-order valence-corrected chi connectivity index (χ2v) is 5.38. The number of hydrogen-bond donors (Lipinski definition) is 2. The second kappa shape index (κ2) is 7.07. The van der Waals surface area contributed by atoms with Crippen LogP contribution in [0.1, 0.15) is 17.8 Å². The van der Waals surface area contributed by atoms with Gasteiger partial charge < -0.3 is 15.4 Å². The van der Waals surface area contributed by atoms with Gasteiger partial charge in [-0.3, -0.25) is 4.79 Å². The minimum atomic E-state index is -0.0679. The molecular weight excluding hydrogens is 272 g/mol. The predicted molar refractivity (Wildman–Crippen MR) is 82.4 cm³/mol. The first-order chi connectivity index (χ1) is 9.69. The van der Waals surface area contributed by atoms with Crippen molar-refractivity contribution in [2.75, 3.05) is 19.0 Å². The molecule has 1 atom stereocenters. The third-order valence-corrected chi connectivity index (χ3v) is 3.95. The number of anilines is 1. The average molecular weight is 290 g/mol. The fourth-order valence-corrected chi connectivity index (χ4v) is 2.55. The number of carbonyl (C=O) groups excluding carboxylic acids is 1. The van der Waals surface area contributed by atoms with Crippen LogP contribution in [-0.2, 0) is 4.79 Å². The lowest BCUT2D eigenvalue weighted by atomic mass is 10.2. The number of hydrogen-bond acceptors (Lipinski definition) is 4. The largest absolute Gasteiger partial charge is 0.497 e. The molecule has 0 bridgehead atoms. The van der Waals surface area contributed by atoms with Gasteiger partial charge in [0.05, 0.1) is 13.7 Å². The van der Waals surface area contributed by atoms with Gasteiger partial charge in [0.15, 0.2) is 0 Å². The number of nitrogens with one attached hydrogen (secondary N) is 2. The molecule has 0 saturated heterocycles. The molecule has 0 fully saturated rings. The van der Waals surface area contributed by atoms with E-state index in [0.717, 1.165) is 11.4 Å². The second-order valence-electron chi connectivity index (χ2n) is 4.40. The molecular formula is C15H18N2O2S. The summed E-state index contributed by atoms with van der Waals surface area (Å²) in [5.41, 5.74) is 0.736. The number of methoxy groups -OCH3 is 1. The number of ether oxygens (including phenoxy) is 1. The normalized spacial score (nSPS) is 11.9. The molecule has 20 heavy (non-hydrogen) atoms. The van der Waals surface area contributed by atoms with Gasteiger partial charge >= 0.3 is 0 Å². The highest BCUT2D eigenvalue weighted by Crippen LogP contribution is 2.18. The van der Waals surface area contributed by atoms with Crippen LogP contribution in [0.5, 0.6) is 5.75 Å². The summed E-state index contributed by atoms with van der Waals surface area (Å²) in [5.74, 6) is 0.657. The summed E-state index contributed by atoms with van der Waals surface area (Å²) in [5, 5.41) is 8.07. The lowest BCUT2D eigenvalue weighted by Crippen LogP contribution is -2.29. The Morgan fingerprint density at radius 2 is 2.20 bits per heavy atom. The van der Waals surface area contributed by atoms with Crippen LogP contribution in [0.15, 0.2) is 41.8 Å². The maximum absolute atomic E-state index is 11.9. The molecule has 0 aliphatic carbocycles. The Labute approximate surface area is 122 Å². The molecule has 0 aliphatic heterocycles. The third kappa shape index (κ3) is 4.08. The summed E-state index contributed by atoms with van der Waals surface area (Å²) in [6, 6.07) is 11.6. The van der Waals surface area contributed by atoms with Crippen LogP contribution in [0.25, 0.3) is 0 Å². The van der Waals surface area contributed by atoms with Gasteiger partial charge in [-0.1, -0.05) is 12.1 Å². The van der Waals surface area contributed by atoms with E-state index in [9.17, 15) is 4.79 Å². The van der Waals surface area contributed by atoms with Crippen LogP contribution < -0.4 is 15.4 Å². The Hall–Kier alpha value is -1.85. The highest BCUT2D eigenvalue weighted by atomic mass is 32.1. The number of rotatable bonds is 6. The molecule has 1 amide bonds. The van der Waals surface area contributed by atoms with Gasteiger partial charge in [0.25, 0.3) is 0 Å². The monoisotopic (exact) mass is 290 g/mol. The molecule has 2 N–H and O–H groups in total. The number of benzene rings is 1. The van der Waals surface area contributed by atoms with Gasteiger partial charge in [-0.15, -0.1) is 11.3 Å². The molecule has 0 saturated carbocycles. The lowest BCUT2D eigenvalue weighted by molar-refractivity contribution is -0.115. The zero-order valence-corrected chi connectivity index (χ0v) is 12.4. The lowest BCUT2D eigenvalue weighted by Gasteiger charge is -2.12. The zero-order valence-electron chi connectivity index (χ0n) is 11.6. The summed E-state index contributed by atoms with van der Waals surface area (Å²) in [6.07, 6.45) is 0. The molecule has 1 aromatic heterocycles. The smallest absolute Gasteiger partial charge is 0.238 e. The van der Waals surface area contributed by atoms with Gasteiger partial charge in [-0.25, -0.2) is 0 Å². The van der Waals surface area contributed by atoms with Crippen LogP contribution in [0.3, 0.4) is 0 Å². The highest BCUT2D eigenvalue weighted by Gasteiger charge is 2.08. The first kappa shape index (κ1) is 14.6. The molecule has 0 unspecified atom stereocenters. The molecule has 0 radical (unpaired) electrons. The third-order valence-electron chi connectivity index (χ3n) is 2.89. The van der Waals surface area contributed by atoms with E-state index >= 15 is 0 Å². The van der Waals surface area contributed by atoms with Gasteiger partial charge in [0.1, 0.15) is 5.75 Å². The van der Waals surface area contributed by atoms with Crippen LogP contribution in [-0.4, -0.2) is 19.6 Å². The maximum atomic E-state index is 11.9. The van der Waals surface area contributed by atoms with Crippen molar-refractivity contribution in [3.8, 4) is 5.75 Å². The van der Waals surface area contributed by atoms with Crippen LogP contribution >= 0.6 is 11.3 Å². The number of carbonyl (C=O) groups is 1. The fourth-order valence-electron chi connectivity index (χ4n) is 1.79. The summed E-state index contributed by atoms with van der Waals surface area (Å²) in [4.78, 5) is 13.1. The Morgan fingerprint density at radius 3 is 2.90 bits per heavy atom. The van der Waals surface area contributed by atoms with E-state index in [1.54, 1.807) is 24.5 Å². The Morgan fingerprint density at radius 1 is 1.35 bits per heavy atom. The van der Waals surface area contributed by atoms with Crippen molar-refractivity contribution < 1.29 is 9.53 Å². The first-order valence-corrected chi connectivity index (χ1v) is 7.27. The van der Waals surface area contributed by atoms with Gasteiger partial charge in [-0.05, 0) is 30.5 Å². The van der Waals surface area contributed by atoms with E-state index in [2.05, 4.69) is 16.7 Å². The van der Waals surface area contributed by atoms with E-state index in [1.807, 2.05) is 36.6 Å². The van der Waals surface area contributed by atoms with Crippen molar-refractivity contribution in [1.29, 1.82) is 0 Å². The quantitative estimate of drug-likeness (QED) is 0.859. The van der Waals surface area contributed by atoms with Crippen LogP contribution in [0.4, 0.5) is 5.69 Å². The van der Waals surface area contributed by atoms with Crippen molar-refractivity contribution in [1.82, 2.24) is 5.32 Å². The van der Waals surface area contributed by atoms with Crippen molar-refractivity contribution in [3.05, 3.63) is 46.7 Å². The Bertz CT molecular complexity index is 555. The van der Waals surface area contributed by atoms with E-state index in [4.69, 9.17) is 4.74 Å². The molecule has 0 aliphatic rings. The number of thiophene rings is 1. The molecule has 2 rings (SSSR count). The Kier molecular flexibility index (Phi) is 5.15. The van der Waals surface area contributed by atoms with E-state index in [-0.39, 0.29) is 18.5 Å². The summed E-state index contributed by atoms with van der Waals surface area (Å²) >= 11 is 1.68. The summed E-state index contributed by atoms with van der Waals surface area (Å²) in [6.45, 7) is 2.32. The summed E-state index contributed by atoms with van der Waals surface area (Å²) in [7, 11) is 1.60. The van der Waals surface area contributed by atoms with Gasteiger partial charge in [0.2, 0.25) is 5.91 Å². The van der Waals surface area contributed by atoms with E-state index in [1.165, 1.54) is 4.88 Å². The topological polar surface area (TPSA) is 50.4 Å². The van der Waals surface area contributed by atoms with Gasteiger partial charge in [-0.2, -0.15) is 0 Å². The first-order valence-electron chi connectivity index (χ1n) is 6.39. The average Bonchev–Trinajstić information content (AvgIpc) is 2.99. The molecule has 5 heteroatoms.